The molecule has 2 aromatic carbocycles. The Bertz CT molecular complexity index is 950. The first-order valence-corrected chi connectivity index (χ1v) is 10.2. The number of ether oxygens (including phenoxy) is 1. The van der Waals surface area contributed by atoms with Gasteiger partial charge in [0, 0.05) is 25.0 Å². The van der Waals surface area contributed by atoms with E-state index in [0.717, 1.165) is 23.4 Å². The number of nitrogens with one attached hydrogen (secondary N) is 1. The quantitative estimate of drug-likeness (QED) is 0.684. The second-order valence-electron chi connectivity index (χ2n) is 7.29. The SMILES string of the molecule is CCOc1ccc(C(NC(=O)N2CCn3cccc3C2C)c2ccccc2)cc1. The Hall–Kier alpha value is -3.21. The number of hydrogen-bond acceptors (Lipinski definition) is 2. The molecule has 0 saturated heterocycles. The maximum atomic E-state index is 13.2. The number of amides is 2. The molecule has 2 unspecified atom stereocenters. The number of benzene rings is 2. The van der Waals surface area contributed by atoms with E-state index in [1.54, 1.807) is 0 Å². The van der Waals surface area contributed by atoms with Crippen molar-refractivity contribution in [3.05, 3.63) is 89.7 Å². The average molecular weight is 389 g/mol. The van der Waals surface area contributed by atoms with Crippen LogP contribution in [-0.2, 0) is 6.54 Å². The van der Waals surface area contributed by atoms with Gasteiger partial charge >= 0.3 is 6.03 Å². The summed E-state index contributed by atoms with van der Waals surface area (Å²) in [5.41, 5.74) is 3.25. The molecule has 3 aromatic rings. The van der Waals surface area contributed by atoms with Crippen LogP contribution in [0.2, 0.25) is 0 Å². The van der Waals surface area contributed by atoms with Crippen LogP contribution in [0.15, 0.2) is 72.9 Å². The number of hydrogen-bond donors (Lipinski definition) is 1. The summed E-state index contributed by atoms with van der Waals surface area (Å²) in [5, 5.41) is 3.26. The van der Waals surface area contributed by atoms with E-state index in [1.807, 2.05) is 72.5 Å². The molecular formula is C24H27N3O2. The summed E-state index contributed by atoms with van der Waals surface area (Å²) in [6.07, 6.45) is 2.08. The van der Waals surface area contributed by atoms with Gasteiger partial charge in [-0.05, 0) is 49.2 Å². The minimum absolute atomic E-state index is 0.0375. The zero-order valence-corrected chi connectivity index (χ0v) is 16.9. The predicted molar refractivity (Wildman–Crippen MR) is 114 cm³/mol. The molecule has 29 heavy (non-hydrogen) atoms. The Morgan fingerprint density at radius 2 is 1.76 bits per heavy atom. The van der Waals surface area contributed by atoms with Crippen LogP contribution in [0.4, 0.5) is 4.79 Å². The molecule has 2 heterocycles. The molecule has 0 fully saturated rings. The first kappa shape index (κ1) is 19.1. The number of aromatic nitrogens is 1. The van der Waals surface area contributed by atoms with Gasteiger partial charge in [-0.15, -0.1) is 0 Å². The number of nitrogens with zero attached hydrogens (tertiary/aromatic N) is 2. The summed E-state index contributed by atoms with van der Waals surface area (Å²) in [6.45, 7) is 6.20. The Morgan fingerprint density at radius 1 is 1.03 bits per heavy atom. The number of fused-ring (bicyclic) bond motifs is 1. The molecule has 0 aliphatic carbocycles. The summed E-state index contributed by atoms with van der Waals surface area (Å²) in [7, 11) is 0. The van der Waals surface area contributed by atoms with Crippen molar-refractivity contribution in [3.63, 3.8) is 0 Å². The molecule has 2 atom stereocenters. The van der Waals surface area contributed by atoms with Crippen LogP contribution in [0.25, 0.3) is 0 Å². The monoisotopic (exact) mass is 389 g/mol. The number of carbonyl (C=O) groups is 1. The third-order valence-corrected chi connectivity index (χ3v) is 5.53. The maximum absolute atomic E-state index is 13.2. The second kappa shape index (κ2) is 8.43. The summed E-state index contributed by atoms with van der Waals surface area (Å²) in [5.74, 6) is 0.833. The molecule has 4 rings (SSSR count). The topological polar surface area (TPSA) is 46.5 Å². The van der Waals surface area contributed by atoms with Gasteiger partial charge in [-0.3, -0.25) is 0 Å². The smallest absolute Gasteiger partial charge is 0.318 e. The van der Waals surface area contributed by atoms with Gasteiger partial charge in [0.15, 0.2) is 0 Å². The summed E-state index contributed by atoms with van der Waals surface area (Å²) in [6, 6.07) is 21.9. The van der Waals surface area contributed by atoms with E-state index in [0.29, 0.717) is 13.2 Å². The molecule has 0 radical (unpaired) electrons. The molecule has 0 saturated carbocycles. The average Bonchev–Trinajstić information content (AvgIpc) is 3.24. The highest BCUT2D eigenvalue weighted by atomic mass is 16.5. The van der Waals surface area contributed by atoms with Crippen molar-refractivity contribution in [1.82, 2.24) is 14.8 Å². The Labute approximate surface area is 171 Å². The Balaban J connectivity index is 1.58. The van der Waals surface area contributed by atoms with Crippen molar-refractivity contribution < 1.29 is 9.53 Å². The normalized spacial score (nSPS) is 16.8. The molecule has 5 nitrogen and oxygen atoms in total. The molecular weight excluding hydrogens is 362 g/mol. The molecule has 150 valence electrons. The zero-order chi connectivity index (χ0) is 20.2. The van der Waals surface area contributed by atoms with Gasteiger partial charge in [-0.2, -0.15) is 0 Å². The highest BCUT2D eigenvalue weighted by Gasteiger charge is 2.29. The van der Waals surface area contributed by atoms with Gasteiger partial charge in [0.2, 0.25) is 0 Å². The van der Waals surface area contributed by atoms with Crippen molar-refractivity contribution in [3.8, 4) is 5.75 Å². The predicted octanol–water partition coefficient (Wildman–Crippen LogP) is 4.76. The standard InChI is InChI=1S/C24H27N3O2/c1-3-29-21-13-11-20(12-14-21)23(19-8-5-4-6-9-19)25-24(28)27-17-16-26-15-7-10-22(26)18(27)2/h4-15,18,23H,3,16-17H2,1-2H3,(H,25,28). The number of urea groups is 1. The second-order valence-corrected chi connectivity index (χ2v) is 7.29. The minimum Gasteiger partial charge on any atom is -0.494 e. The van der Waals surface area contributed by atoms with Crippen LogP contribution in [-0.4, -0.2) is 28.6 Å². The fraction of sp³-hybridized carbons (Fsp3) is 0.292. The Kier molecular flexibility index (Phi) is 5.56. The lowest BCUT2D eigenvalue weighted by atomic mass is 9.98. The van der Waals surface area contributed by atoms with E-state index >= 15 is 0 Å². The highest BCUT2D eigenvalue weighted by Crippen LogP contribution is 2.28. The van der Waals surface area contributed by atoms with Gasteiger partial charge in [-0.1, -0.05) is 42.5 Å². The summed E-state index contributed by atoms with van der Waals surface area (Å²) < 4.78 is 7.78. The van der Waals surface area contributed by atoms with E-state index < -0.39 is 0 Å². The lowest BCUT2D eigenvalue weighted by Crippen LogP contribution is -2.47. The van der Waals surface area contributed by atoms with Crippen LogP contribution >= 0.6 is 0 Å². The number of rotatable bonds is 5. The van der Waals surface area contributed by atoms with Crippen LogP contribution in [0, 0.1) is 0 Å². The van der Waals surface area contributed by atoms with Gasteiger partial charge < -0.3 is 19.5 Å². The fourth-order valence-corrected chi connectivity index (χ4v) is 3.99. The van der Waals surface area contributed by atoms with Crippen molar-refractivity contribution in [1.29, 1.82) is 0 Å². The van der Waals surface area contributed by atoms with E-state index in [1.165, 1.54) is 5.69 Å². The first-order chi connectivity index (χ1) is 14.2. The summed E-state index contributed by atoms with van der Waals surface area (Å²) >= 11 is 0. The highest BCUT2D eigenvalue weighted by molar-refractivity contribution is 5.76. The van der Waals surface area contributed by atoms with Crippen LogP contribution in [0.1, 0.15) is 42.8 Å². The molecule has 1 aromatic heterocycles. The molecule has 5 heteroatoms. The fourth-order valence-electron chi connectivity index (χ4n) is 3.99. The molecule has 0 bridgehead atoms. The van der Waals surface area contributed by atoms with E-state index in [9.17, 15) is 4.79 Å². The molecule has 1 aliphatic rings. The van der Waals surface area contributed by atoms with Crippen molar-refractivity contribution in [2.24, 2.45) is 0 Å². The first-order valence-electron chi connectivity index (χ1n) is 10.2. The van der Waals surface area contributed by atoms with Crippen molar-refractivity contribution in [2.75, 3.05) is 13.2 Å². The van der Waals surface area contributed by atoms with Crippen LogP contribution in [0.5, 0.6) is 5.75 Å². The minimum atomic E-state index is -0.222. The molecule has 2 amide bonds. The van der Waals surface area contributed by atoms with Gasteiger partial charge in [0.05, 0.1) is 18.7 Å². The lowest BCUT2D eigenvalue weighted by Gasteiger charge is -2.36. The largest absolute Gasteiger partial charge is 0.494 e. The summed E-state index contributed by atoms with van der Waals surface area (Å²) in [4.78, 5) is 15.2. The lowest BCUT2D eigenvalue weighted by molar-refractivity contribution is 0.160. The van der Waals surface area contributed by atoms with Crippen LogP contribution < -0.4 is 10.1 Å². The molecule has 1 N–H and O–H groups in total. The molecule has 1 aliphatic heterocycles. The number of carbonyl (C=O) groups excluding carboxylic acids is 1. The van der Waals surface area contributed by atoms with E-state index in [4.69, 9.17) is 4.74 Å². The van der Waals surface area contributed by atoms with Crippen molar-refractivity contribution >= 4 is 6.03 Å². The van der Waals surface area contributed by atoms with Gasteiger partial charge in [-0.25, -0.2) is 4.79 Å². The van der Waals surface area contributed by atoms with Gasteiger partial charge in [0.25, 0.3) is 0 Å². The third-order valence-electron chi connectivity index (χ3n) is 5.53. The Morgan fingerprint density at radius 3 is 2.48 bits per heavy atom. The van der Waals surface area contributed by atoms with E-state index in [-0.39, 0.29) is 18.1 Å². The maximum Gasteiger partial charge on any atom is 0.318 e. The third kappa shape index (κ3) is 3.99. The van der Waals surface area contributed by atoms with E-state index in [2.05, 4.69) is 29.1 Å². The van der Waals surface area contributed by atoms with Crippen LogP contribution in [0.3, 0.4) is 0 Å². The van der Waals surface area contributed by atoms with Crippen molar-refractivity contribution in [2.45, 2.75) is 32.5 Å². The zero-order valence-electron chi connectivity index (χ0n) is 16.9. The molecule has 0 spiro atoms. The van der Waals surface area contributed by atoms with Gasteiger partial charge in [0.1, 0.15) is 5.75 Å².